The van der Waals surface area contributed by atoms with Gasteiger partial charge >= 0.3 is 0 Å². The third kappa shape index (κ3) is 6.65. The van der Waals surface area contributed by atoms with Crippen LogP contribution in [0, 0.1) is 11.3 Å². The molecule has 1 heterocycles. The number of rotatable bonds is 10. The molecule has 0 radical (unpaired) electrons. The number of unbranched alkanes of at least 4 members (excludes halogenated alkanes) is 1. The van der Waals surface area contributed by atoms with Crippen LogP contribution in [0.5, 0.6) is 5.75 Å². The Morgan fingerprint density at radius 2 is 1.94 bits per heavy atom. The molecule has 2 N–H and O–H groups in total. The summed E-state index contributed by atoms with van der Waals surface area (Å²) in [6, 6.07) is 18.5. The third-order valence-corrected chi connectivity index (χ3v) is 6.49. The highest BCUT2D eigenvalue weighted by molar-refractivity contribution is 7.89. The van der Waals surface area contributed by atoms with E-state index in [1.165, 1.54) is 29.5 Å². The van der Waals surface area contributed by atoms with E-state index in [1.54, 1.807) is 30.3 Å². The first kappa shape index (κ1) is 22.5. The minimum absolute atomic E-state index is 0.0197. The van der Waals surface area contributed by atoms with Crippen molar-refractivity contribution in [3.63, 3.8) is 0 Å². The van der Waals surface area contributed by atoms with Gasteiger partial charge in [-0.05, 0) is 48.2 Å². The zero-order chi connectivity index (χ0) is 22.1. The van der Waals surface area contributed by atoms with Gasteiger partial charge in [-0.25, -0.2) is 13.1 Å². The Bertz CT molecular complexity index is 1170. The number of carbonyl (C=O) groups excluding carboxylic acids is 1. The number of thiophene rings is 1. The van der Waals surface area contributed by atoms with Crippen molar-refractivity contribution >= 4 is 33.0 Å². The molecule has 160 valence electrons. The van der Waals surface area contributed by atoms with Crippen molar-refractivity contribution in [2.24, 2.45) is 0 Å². The van der Waals surface area contributed by atoms with Gasteiger partial charge in [-0.1, -0.05) is 18.2 Å². The lowest BCUT2D eigenvalue weighted by Gasteiger charge is -2.10. The molecule has 2 aromatic carbocycles. The van der Waals surface area contributed by atoms with Gasteiger partial charge in [0.2, 0.25) is 10.0 Å². The number of nitriles is 1. The highest BCUT2D eigenvalue weighted by Gasteiger charge is 2.16. The maximum absolute atomic E-state index is 12.6. The van der Waals surface area contributed by atoms with E-state index in [0.29, 0.717) is 30.9 Å². The minimum Gasteiger partial charge on any atom is -0.493 e. The lowest BCUT2D eigenvalue weighted by Crippen LogP contribution is -2.23. The molecule has 1 aromatic heterocycles. The number of hydrogen-bond acceptors (Lipinski definition) is 6. The Morgan fingerprint density at radius 3 is 2.71 bits per heavy atom. The number of anilines is 1. The van der Waals surface area contributed by atoms with Crippen LogP contribution in [0.15, 0.2) is 70.9 Å². The van der Waals surface area contributed by atoms with E-state index in [2.05, 4.69) is 16.1 Å². The predicted molar refractivity (Wildman–Crippen MR) is 120 cm³/mol. The normalized spacial score (nSPS) is 10.9. The van der Waals surface area contributed by atoms with Crippen LogP contribution in [0.3, 0.4) is 0 Å². The third-order valence-electron chi connectivity index (χ3n) is 4.22. The quantitative estimate of drug-likeness (QED) is 0.446. The maximum atomic E-state index is 12.6. The molecule has 9 heteroatoms. The van der Waals surface area contributed by atoms with Gasteiger partial charge < -0.3 is 10.1 Å². The number of sulfonamides is 1. The summed E-state index contributed by atoms with van der Waals surface area (Å²) in [5.41, 5.74) is 0.742. The molecule has 0 aliphatic heterocycles. The Hall–Kier alpha value is -3.19. The summed E-state index contributed by atoms with van der Waals surface area (Å²) >= 11 is 1.46. The number of amides is 1. The smallest absolute Gasteiger partial charge is 0.255 e. The van der Waals surface area contributed by atoms with E-state index in [9.17, 15) is 13.2 Å². The molecule has 0 unspecified atom stereocenters. The van der Waals surface area contributed by atoms with Gasteiger partial charge in [-0.2, -0.15) is 5.26 Å². The molecule has 0 saturated carbocycles. The summed E-state index contributed by atoms with van der Waals surface area (Å²) in [6.45, 7) is 0.598. The van der Waals surface area contributed by atoms with Crippen LogP contribution in [0.4, 0.5) is 5.69 Å². The van der Waals surface area contributed by atoms with Gasteiger partial charge in [0.05, 0.1) is 17.6 Å². The Labute approximate surface area is 185 Å². The predicted octanol–water partition coefficient (Wildman–Crippen LogP) is 4.16. The average Bonchev–Trinajstić information content (AvgIpc) is 3.30. The zero-order valence-corrected chi connectivity index (χ0v) is 18.2. The summed E-state index contributed by atoms with van der Waals surface area (Å²) < 4.78 is 33.3. The van der Waals surface area contributed by atoms with Crippen molar-refractivity contribution in [1.29, 1.82) is 5.26 Å². The lowest BCUT2D eigenvalue weighted by atomic mass is 10.2. The van der Waals surface area contributed by atoms with E-state index in [0.717, 1.165) is 4.88 Å². The molecule has 7 nitrogen and oxygen atoms in total. The monoisotopic (exact) mass is 455 g/mol. The number of benzene rings is 2. The highest BCUT2D eigenvalue weighted by atomic mass is 32.2. The molecule has 0 aliphatic rings. The number of hydrogen-bond donors (Lipinski definition) is 2. The molecular weight excluding hydrogens is 434 g/mol. The van der Waals surface area contributed by atoms with E-state index in [4.69, 9.17) is 10.00 Å². The van der Waals surface area contributed by atoms with Gasteiger partial charge in [-0.15, -0.1) is 11.3 Å². The fourth-order valence-electron chi connectivity index (χ4n) is 2.68. The van der Waals surface area contributed by atoms with Gasteiger partial charge in [0.1, 0.15) is 5.75 Å². The SMILES string of the molecule is N#CCCCOc1cccc(NC(=O)c2cccc(S(=O)(=O)NCc3cccs3)c2)c1. The summed E-state index contributed by atoms with van der Waals surface area (Å²) in [6.07, 6.45) is 1.03. The molecule has 1 amide bonds. The number of nitrogens with one attached hydrogen (secondary N) is 2. The summed E-state index contributed by atoms with van der Waals surface area (Å²) in [4.78, 5) is 13.6. The van der Waals surface area contributed by atoms with Gasteiger partial charge in [0, 0.05) is 35.2 Å². The first-order valence-corrected chi connectivity index (χ1v) is 11.9. The summed E-state index contributed by atoms with van der Waals surface area (Å²) in [5, 5.41) is 13.2. The standard InChI is InChI=1S/C22H21N3O4S2/c23-11-1-2-12-29-19-8-4-7-18(15-19)25-22(26)17-6-3-10-21(14-17)31(27,28)24-16-20-9-5-13-30-20/h3-10,13-15,24H,1-2,12,16H2,(H,25,26). The number of nitrogens with zero attached hydrogens (tertiary/aromatic N) is 1. The Morgan fingerprint density at radius 1 is 1.10 bits per heavy atom. The molecule has 0 atom stereocenters. The van der Waals surface area contributed by atoms with Crippen molar-refractivity contribution in [2.45, 2.75) is 24.3 Å². The van der Waals surface area contributed by atoms with Crippen molar-refractivity contribution < 1.29 is 17.9 Å². The molecule has 3 aromatic rings. The van der Waals surface area contributed by atoms with Crippen LogP contribution in [0.2, 0.25) is 0 Å². The van der Waals surface area contributed by atoms with E-state index in [-0.39, 0.29) is 17.0 Å². The molecule has 0 saturated heterocycles. The van der Waals surface area contributed by atoms with Crippen LogP contribution in [-0.4, -0.2) is 20.9 Å². The molecular formula is C22H21N3O4S2. The van der Waals surface area contributed by atoms with Crippen LogP contribution < -0.4 is 14.8 Å². The fraction of sp³-hybridized carbons (Fsp3) is 0.182. The van der Waals surface area contributed by atoms with Gasteiger partial charge in [0.15, 0.2) is 0 Å². The Kier molecular flexibility index (Phi) is 7.78. The van der Waals surface area contributed by atoms with Crippen LogP contribution in [0.1, 0.15) is 28.1 Å². The molecule has 0 aliphatic carbocycles. The number of ether oxygens (including phenoxy) is 1. The number of carbonyl (C=O) groups is 1. The van der Waals surface area contributed by atoms with Gasteiger partial charge in [0.25, 0.3) is 5.91 Å². The second-order valence-corrected chi connectivity index (χ2v) is 9.32. The van der Waals surface area contributed by atoms with Crippen molar-refractivity contribution in [3.8, 4) is 11.8 Å². The molecule has 0 spiro atoms. The molecule has 31 heavy (non-hydrogen) atoms. The second-order valence-electron chi connectivity index (χ2n) is 6.52. The topological polar surface area (TPSA) is 108 Å². The van der Waals surface area contributed by atoms with E-state index in [1.807, 2.05) is 17.5 Å². The first-order chi connectivity index (χ1) is 15.0. The zero-order valence-electron chi connectivity index (χ0n) is 16.6. The van der Waals surface area contributed by atoms with Crippen molar-refractivity contribution in [3.05, 3.63) is 76.5 Å². The van der Waals surface area contributed by atoms with Gasteiger partial charge in [-0.3, -0.25) is 4.79 Å². The lowest BCUT2D eigenvalue weighted by molar-refractivity contribution is 0.102. The van der Waals surface area contributed by atoms with E-state index < -0.39 is 15.9 Å². The molecule has 0 fully saturated rings. The highest BCUT2D eigenvalue weighted by Crippen LogP contribution is 2.20. The fourth-order valence-corrected chi connectivity index (χ4v) is 4.46. The van der Waals surface area contributed by atoms with E-state index >= 15 is 0 Å². The van der Waals surface area contributed by atoms with Crippen LogP contribution >= 0.6 is 11.3 Å². The molecule has 0 bridgehead atoms. The Balaban J connectivity index is 1.65. The summed E-state index contributed by atoms with van der Waals surface area (Å²) in [7, 11) is -3.75. The largest absolute Gasteiger partial charge is 0.493 e. The first-order valence-electron chi connectivity index (χ1n) is 9.51. The second kappa shape index (κ2) is 10.7. The van der Waals surface area contributed by atoms with Crippen LogP contribution in [-0.2, 0) is 16.6 Å². The van der Waals surface area contributed by atoms with Crippen LogP contribution in [0.25, 0.3) is 0 Å². The molecule has 3 rings (SSSR count). The van der Waals surface area contributed by atoms with Crippen molar-refractivity contribution in [2.75, 3.05) is 11.9 Å². The maximum Gasteiger partial charge on any atom is 0.255 e. The summed E-state index contributed by atoms with van der Waals surface area (Å²) in [5.74, 6) is 0.141. The minimum atomic E-state index is -3.75. The van der Waals surface area contributed by atoms with Crippen molar-refractivity contribution in [1.82, 2.24) is 4.72 Å². The average molecular weight is 456 g/mol.